The summed E-state index contributed by atoms with van der Waals surface area (Å²) in [5.74, 6) is -1.87. The smallest absolute Gasteiger partial charge is 0.324 e. The van der Waals surface area contributed by atoms with Crippen LogP contribution in [0.2, 0.25) is 0 Å². The molecule has 1 aromatic rings. The number of ether oxygens (including phenoxy) is 3. The molecule has 0 spiro atoms. The van der Waals surface area contributed by atoms with Gasteiger partial charge in [-0.25, -0.2) is 0 Å². The molecule has 0 heterocycles. The van der Waals surface area contributed by atoms with Crippen molar-refractivity contribution in [2.75, 3.05) is 19.8 Å². The molecular weight excluding hydrogens is 314 g/mol. The summed E-state index contributed by atoms with van der Waals surface area (Å²) >= 11 is 0. The number of hydrogen-bond donors (Lipinski definition) is 0. The number of nitroso groups, excluding NO2 is 1. The molecule has 1 aliphatic carbocycles. The predicted octanol–water partition coefficient (Wildman–Crippen LogP) is 3.08. The van der Waals surface area contributed by atoms with Crippen LogP contribution in [0.3, 0.4) is 0 Å². The number of rotatable bonds is 9. The van der Waals surface area contributed by atoms with Crippen molar-refractivity contribution in [3.63, 3.8) is 0 Å². The number of carbonyl (C=O) groups is 2. The number of hydrogen-bond acceptors (Lipinski definition) is 7. The zero-order valence-electron chi connectivity index (χ0n) is 13.8. The fourth-order valence-corrected chi connectivity index (χ4v) is 2.21. The molecule has 7 heteroatoms. The summed E-state index contributed by atoms with van der Waals surface area (Å²) in [6, 6.07) is 4.40. The van der Waals surface area contributed by atoms with Crippen LogP contribution in [0.1, 0.15) is 38.2 Å². The molecule has 1 saturated carbocycles. The molecule has 0 aliphatic heterocycles. The molecular formula is C17H21NO6. The Labute approximate surface area is 140 Å². The van der Waals surface area contributed by atoms with Crippen LogP contribution in [0.15, 0.2) is 23.4 Å². The Balaban J connectivity index is 2.29. The van der Waals surface area contributed by atoms with E-state index >= 15 is 0 Å². The molecule has 0 bridgehead atoms. The summed E-state index contributed by atoms with van der Waals surface area (Å²) in [6.07, 6.45) is 2.19. The van der Waals surface area contributed by atoms with Crippen molar-refractivity contribution >= 4 is 17.6 Å². The van der Waals surface area contributed by atoms with Gasteiger partial charge in [0.15, 0.2) is 5.92 Å². The van der Waals surface area contributed by atoms with Gasteiger partial charge in [0.25, 0.3) is 0 Å². The third kappa shape index (κ3) is 4.53. The monoisotopic (exact) mass is 335 g/mol. The van der Waals surface area contributed by atoms with Crippen molar-refractivity contribution in [1.82, 2.24) is 0 Å². The Morgan fingerprint density at radius 2 is 1.79 bits per heavy atom. The van der Waals surface area contributed by atoms with Gasteiger partial charge in [-0.1, -0.05) is 6.07 Å². The van der Waals surface area contributed by atoms with Crippen molar-refractivity contribution in [1.29, 1.82) is 0 Å². The lowest BCUT2D eigenvalue weighted by Crippen LogP contribution is -2.26. The quantitative estimate of drug-likeness (QED) is 0.391. The molecule has 0 N–H and O–H groups in total. The highest BCUT2D eigenvalue weighted by Crippen LogP contribution is 2.35. The van der Waals surface area contributed by atoms with Crippen LogP contribution < -0.4 is 4.74 Å². The summed E-state index contributed by atoms with van der Waals surface area (Å²) in [4.78, 5) is 35.2. The van der Waals surface area contributed by atoms with Crippen LogP contribution in [0.4, 0.5) is 5.69 Å². The van der Waals surface area contributed by atoms with E-state index in [1.165, 1.54) is 18.2 Å². The van der Waals surface area contributed by atoms with Crippen LogP contribution in [0.5, 0.6) is 5.75 Å². The molecule has 0 aromatic heterocycles. The molecule has 0 radical (unpaired) electrons. The molecule has 24 heavy (non-hydrogen) atoms. The van der Waals surface area contributed by atoms with Gasteiger partial charge in [-0.2, -0.15) is 0 Å². The van der Waals surface area contributed by atoms with Crippen molar-refractivity contribution < 1.29 is 23.8 Å². The topological polar surface area (TPSA) is 91.3 Å². The maximum Gasteiger partial charge on any atom is 0.324 e. The molecule has 7 nitrogen and oxygen atoms in total. The van der Waals surface area contributed by atoms with E-state index in [0.29, 0.717) is 18.1 Å². The first-order valence-electron chi connectivity index (χ1n) is 8.04. The van der Waals surface area contributed by atoms with E-state index in [4.69, 9.17) is 14.2 Å². The van der Waals surface area contributed by atoms with Gasteiger partial charge in [0, 0.05) is 0 Å². The van der Waals surface area contributed by atoms with Crippen molar-refractivity contribution in [2.24, 2.45) is 11.1 Å². The second-order valence-corrected chi connectivity index (χ2v) is 5.51. The van der Waals surface area contributed by atoms with Crippen LogP contribution in [-0.2, 0) is 19.1 Å². The molecule has 0 atom stereocenters. The maximum absolute atomic E-state index is 12.2. The average molecular weight is 335 g/mol. The van der Waals surface area contributed by atoms with Gasteiger partial charge in [-0.05, 0) is 55.5 Å². The Bertz CT molecular complexity index is 593. The Morgan fingerprint density at radius 3 is 2.29 bits per heavy atom. The SMILES string of the molecule is CCOC(=O)C(C(=O)OCC)c1ccc(N=O)c(OCC2CC2)c1. The zero-order valence-corrected chi connectivity index (χ0v) is 13.8. The van der Waals surface area contributed by atoms with Gasteiger partial charge in [-0.15, -0.1) is 4.91 Å². The van der Waals surface area contributed by atoms with Crippen LogP contribution in [-0.4, -0.2) is 31.8 Å². The molecule has 2 rings (SSSR count). The third-order valence-corrected chi connectivity index (χ3v) is 3.63. The standard InChI is InChI=1S/C17H21NO6/c1-3-22-16(19)15(17(20)23-4-2)12-7-8-13(18-21)14(9-12)24-10-11-5-6-11/h7-9,11,15H,3-6,10H2,1-2H3. The molecule has 0 saturated heterocycles. The van der Waals surface area contributed by atoms with Crippen LogP contribution in [0, 0.1) is 10.8 Å². The fraction of sp³-hybridized carbons (Fsp3) is 0.529. The number of carbonyl (C=O) groups excluding carboxylic acids is 2. The van der Waals surface area contributed by atoms with Gasteiger partial charge >= 0.3 is 11.9 Å². The van der Waals surface area contributed by atoms with Gasteiger partial charge in [0.1, 0.15) is 11.4 Å². The highest BCUT2D eigenvalue weighted by atomic mass is 16.6. The number of benzene rings is 1. The molecule has 1 aromatic carbocycles. The predicted molar refractivity (Wildman–Crippen MR) is 86.1 cm³/mol. The third-order valence-electron chi connectivity index (χ3n) is 3.63. The molecule has 1 aliphatic rings. The summed E-state index contributed by atoms with van der Waals surface area (Å²) in [6.45, 7) is 4.09. The van der Waals surface area contributed by atoms with E-state index in [2.05, 4.69) is 5.18 Å². The lowest BCUT2D eigenvalue weighted by molar-refractivity contribution is -0.156. The Hall–Kier alpha value is -2.44. The number of esters is 2. The molecule has 130 valence electrons. The molecule has 0 unspecified atom stereocenters. The lowest BCUT2D eigenvalue weighted by atomic mass is 9.98. The Kier molecular flexibility index (Phi) is 6.28. The minimum absolute atomic E-state index is 0.130. The van der Waals surface area contributed by atoms with Crippen molar-refractivity contribution in [3.05, 3.63) is 28.7 Å². The lowest BCUT2D eigenvalue weighted by Gasteiger charge is -2.16. The van der Waals surface area contributed by atoms with Crippen LogP contribution in [0.25, 0.3) is 0 Å². The fourth-order valence-electron chi connectivity index (χ4n) is 2.21. The zero-order chi connectivity index (χ0) is 17.5. The summed E-state index contributed by atoms with van der Waals surface area (Å²) in [7, 11) is 0. The van der Waals surface area contributed by atoms with Crippen molar-refractivity contribution in [2.45, 2.75) is 32.6 Å². The van der Waals surface area contributed by atoms with Crippen molar-refractivity contribution in [3.8, 4) is 5.75 Å². The van der Waals surface area contributed by atoms with E-state index in [0.717, 1.165) is 12.8 Å². The summed E-state index contributed by atoms with van der Waals surface area (Å²) in [5, 5.41) is 2.92. The van der Waals surface area contributed by atoms with Gasteiger partial charge in [0.2, 0.25) is 0 Å². The molecule has 0 amide bonds. The van der Waals surface area contributed by atoms with E-state index in [1.54, 1.807) is 13.8 Å². The van der Waals surface area contributed by atoms with Gasteiger partial charge < -0.3 is 14.2 Å². The second kappa shape index (κ2) is 8.42. The van der Waals surface area contributed by atoms with E-state index < -0.39 is 17.9 Å². The highest BCUT2D eigenvalue weighted by Gasteiger charge is 2.32. The van der Waals surface area contributed by atoms with Gasteiger partial charge in [0.05, 0.1) is 19.8 Å². The minimum Gasteiger partial charge on any atom is -0.491 e. The largest absolute Gasteiger partial charge is 0.491 e. The maximum atomic E-state index is 12.2. The van der Waals surface area contributed by atoms with Gasteiger partial charge in [-0.3, -0.25) is 9.59 Å². The summed E-state index contributed by atoms with van der Waals surface area (Å²) in [5.41, 5.74) is 0.482. The first-order chi connectivity index (χ1) is 11.6. The second-order valence-electron chi connectivity index (χ2n) is 5.51. The first-order valence-corrected chi connectivity index (χ1v) is 8.04. The average Bonchev–Trinajstić information content (AvgIpc) is 3.38. The van der Waals surface area contributed by atoms with Crippen LogP contribution >= 0.6 is 0 Å². The highest BCUT2D eigenvalue weighted by molar-refractivity contribution is 6.01. The molecule has 1 fully saturated rings. The minimum atomic E-state index is -1.21. The van der Waals surface area contributed by atoms with E-state index in [-0.39, 0.29) is 24.7 Å². The number of nitrogens with zero attached hydrogens (tertiary/aromatic N) is 1. The summed E-state index contributed by atoms with van der Waals surface area (Å²) < 4.78 is 15.6. The Morgan fingerprint density at radius 1 is 1.17 bits per heavy atom. The van der Waals surface area contributed by atoms with E-state index in [1.807, 2.05) is 0 Å². The first kappa shape index (κ1) is 17.9. The van der Waals surface area contributed by atoms with E-state index in [9.17, 15) is 14.5 Å². The normalized spacial score (nSPS) is 13.5.